The number of hydrogen-bond donors (Lipinski definition) is 1. The molecule has 0 aliphatic rings. The van der Waals surface area contributed by atoms with Crippen LogP contribution >= 0.6 is 0 Å². The summed E-state index contributed by atoms with van der Waals surface area (Å²) in [6.45, 7) is 8.81. The molecule has 2 aromatic carbocycles. The highest BCUT2D eigenvalue weighted by Crippen LogP contribution is 2.13. The normalized spacial score (nSPS) is 10.8. The molecule has 0 atom stereocenters. The topological polar surface area (TPSA) is 49.6 Å². The Balaban J connectivity index is 2.07. The Kier molecular flexibility index (Phi) is 7.48. The van der Waals surface area contributed by atoms with Crippen molar-refractivity contribution in [2.24, 2.45) is 0 Å². The molecule has 0 spiro atoms. The van der Waals surface area contributed by atoms with E-state index in [9.17, 15) is 4.79 Å². The van der Waals surface area contributed by atoms with Crippen LogP contribution in [0.1, 0.15) is 36.2 Å². The first-order valence-electron chi connectivity index (χ1n) is 9.05. The minimum absolute atomic E-state index is 0.0587. The molecule has 134 valence electrons. The van der Waals surface area contributed by atoms with Crippen LogP contribution in [0.15, 0.2) is 54.6 Å². The molecular weight excluding hydrogens is 310 g/mol. The summed E-state index contributed by atoms with van der Waals surface area (Å²) >= 11 is 0. The summed E-state index contributed by atoms with van der Waals surface area (Å²) in [6, 6.07) is 17.3. The highest BCUT2D eigenvalue weighted by Gasteiger charge is 2.16. The van der Waals surface area contributed by atoms with Crippen LogP contribution in [0.3, 0.4) is 0 Å². The van der Waals surface area contributed by atoms with Crippen LogP contribution in [0.2, 0.25) is 0 Å². The molecule has 2 N–H and O–H groups in total. The van der Waals surface area contributed by atoms with E-state index in [-0.39, 0.29) is 5.91 Å². The third-order valence-corrected chi connectivity index (χ3v) is 4.46. The van der Waals surface area contributed by atoms with E-state index in [0.717, 1.165) is 38.2 Å². The minimum atomic E-state index is 0.0587. The third kappa shape index (κ3) is 5.91. The van der Waals surface area contributed by atoms with Gasteiger partial charge in [-0.25, -0.2) is 0 Å². The molecule has 0 heterocycles. The lowest BCUT2D eigenvalue weighted by molar-refractivity contribution is 0.0735. The average molecular weight is 339 g/mol. The standard InChI is InChI=1S/C21H29N3O/c1-3-23(4-2)15-8-16-24(17-18-9-6-5-7-10-18)21(25)19-11-13-20(22)14-12-19/h5-7,9-14H,3-4,8,15-17,22H2,1-2H3. The zero-order chi connectivity index (χ0) is 18.1. The summed E-state index contributed by atoms with van der Waals surface area (Å²) in [4.78, 5) is 17.3. The smallest absolute Gasteiger partial charge is 0.254 e. The first-order valence-corrected chi connectivity index (χ1v) is 9.05. The molecular formula is C21H29N3O. The predicted octanol–water partition coefficient (Wildman–Crippen LogP) is 3.64. The molecule has 0 aromatic heterocycles. The maximum atomic E-state index is 12.9. The molecule has 0 unspecified atom stereocenters. The molecule has 2 rings (SSSR count). The van der Waals surface area contributed by atoms with E-state index in [0.29, 0.717) is 17.8 Å². The van der Waals surface area contributed by atoms with E-state index in [1.54, 1.807) is 24.3 Å². The van der Waals surface area contributed by atoms with Crippen molar-refractivity contribution in [1.82, 2.24) is 9.80 Å². The molecule has 0 saturated carbocycles. The molecule has 0 fully saturated rings. The van der Waals surface area contributed by atoms with Gasteiger partial charge in [0.25, 0.3) is 5.91 Å². The van der Waals surface area contributed by atoms with Crippen LogP contribution in [0.4, 0.5) is 5.69 Å². The van der Waals surface area contributed by atoms with Crippen molar-refractivity contribution in [2.75, 3.05) is 31.9 Å². The molecule has 4 heteroatoms. The van der Waals surface area contributed by atoms with Crippen molar-refractivity contribution in [3.8, 4) is 0 Å². The molecule has 1 amide bonds. The van der Waals surface area contributed by atoms with Gasteiger partial charge in [-0.15, -0.1) is 0 Å². The van der Waals surface area contributed by atoms with Gasteiger partial charge in [0.15, 0.2) is 0 Å². The van der Waals surface area contributed by atoms with Crippen LogP contribution in [0.25, 0.3) is 0 Å². The second kappa shape index (κ2) is 9.84. The summed E-state index contributed by atoms with van der Waals surface area (Å²) in [6.07, 6.45) is 0.967. The number of nitrogen functional groups attached to an aromatic ring is 1. The summed E-state index contributed by atoms with van der Waals surface area (Å²) < 4.78 is 0. The van der Waals surface area contributed by atoms with E-state index < -0.39 is 0 Å². The molecule has 25 heavy (non-hydrogen) atoms. The Morgan fingerprint density at radius 3 is 2.16 bits per heavy atom. The molecule has 0 bridgehead atoms. The minimum Gasteiger partial charge on any atom is -0.399 e. The van der Waals surface area contributed by atoms with Gasteiger partial charge in [-0.2, -0.15) is 0 Å². The van der Waals surface area contributed by atoms with E-state index >= 15 is 0 Å². The Labute approximate surface area is 151 Å². The van der Waals surface area contributed by atoms with Crippen molar-refractivity contribution in [3.05, 3.63) is 65.7 Å². The molecule has 0 radical (unpaired) electrons. The molecule has 0 aliphatic carbocycles. The number of nitrogens with two attached hydrogens (primary N) is 1. The average Bonchev–Trinajstić information content (AvgIpc) is 2.65. The van der Waals surface area contributed by atoms with E-state index in [2.05, 4.69) is 30.9 Å². The lowest BCUT2D eigenvalue weighted by Gasteiger charge is -2.25. The Morgan fingerprint density at radius 2 is 1.56 bits per heavy atom. The Morgan fingerprint density at radius 1 is 0.920 bits per heavy atom. The maximum Gasteiger partial charge on any atom is 0.254 e. The highest BCUT2D eigenvalue weighted by molar-refractivity contribution is 5.94. The fourth-order valence-corrected chi connectivity index (χ4v) is 2.89. The summed E-state index contributed by atoms with van der Waals surface area (Å²) in [5.41, 5.74) is 8.25. The maximum absolute atomic E-state index is 12.9. The molecule has 2 aromatic rings. The number of nitrogens with zero attached hydrogens (tertiary/aromatic N) is 2. The lowest BCUT2D eigenvalue weighted by Crippen LogP contribution is -2.34. The molecule has 4 nitrogen and oxygen atoms in total. The van der Waals surface area contributed by atoms with Gasteiger partial charge in [0.2, 0.25) is 0 Å². The van der Waals surface area contributed by atoms with Gasteiger partial charge in [-0.05, 0) is 55.9 Å². The summed E-state index contributed by atoms with van der Waals surface area (Å²) in [5, 5.41) is 0. The van der Waals surface area contributed by atoms with Crippen LogP contribution in [-0.4, -0.2) is 41.9 Å². The second-order valence-electron chi connectivity index (χ2n) is 6.21. The predicted molar refractivity (Wildman–Crippen MR) is 104 cm³/mol. The van der Waals surface area contributed by atoms with Gasteiger partial charge in [-0.3, -0.25) is 4.79 Å². The molecule has 0 aliphatic heterocycles. The number of hydrogen-bond acceptors (Lipinski definition) is 3. The van der Waals surface area contributed by atoms with Gasteiger partial charge in [0.05, 0.1) is 0 Å². The van der Waals surface area contributed by atoms with E-state index in [4.69, 9.17) is 5.73 Å². The Hall–Kier alpha value is -2.33. The third-order valence-electron chi connectivity index (χ3n) is 4.46. The second-order valence-corrected chi connectivity index (χ2v) is 6.21. The van der Waals surface area contributed by atoms with Crippen molar-refractivity contribution < 1.29 is 4.79 Å². The zero-order valence-corrected chi connectivity index (χ0v) is 15.3. The van der Waals surface area contributed by atoms with Crippen LogP contribution < -0.4 is 5.73 Å². The fraction of sp³-hybridized carbons (Fsp3) is 0.381. The lowest BCUT2D eigenvalue weighted by atomic mass is 10.1. The number of benzene rings is 2. The van der Waals surface area contributed by atoms with Gasteiger partial charge in [-0.1, -0.05) is 44.2 Å². The summed E-state index contributed by atoms with van der Waals surface area (Å²) in [5.74, 6) is 0.0587. The first kappa shape index (κ1) is 19.0. The summed E-state index contributed by atoms with van der Waals surface area (Å²) in [7, 11) is 0. The molecule has 0 saturated heterocycles. The van der Waals surface area contributed by atoms with Gasteiger partial charge < -0.3 is 15.5 Å². The van der Waals surface area contributed by atoms with Gasteiger partial charge in [0.1, 0.15) is 0 Å². The fourth-order valence-electron chi connectivity index (χ4n) is 2.89. The van der Waals surface area contributed by atoms with Crippen molar-refractivity contribution in [1.29, 1.82) is 0 Å². The largest absolute Gasteiger partial charge is 0.399 e. The SMILES string of the molecule is CCN(CC)CCCN(Cc1ccccc1)C(=O)c1ccc(N)cc1. The van der Waals surface area contributed by atoms with Gasteiger partial charge >= 0.3 is 0 Å². The quantitative estimate of drug-likeness (QED) is 0.710. The monoisotopic (exact) mass is 339 g/mol. The van der Waals surface area contributed by atoms with Crippen LogP contribution in [0.5, 0.6) is 0 Å². The van der Waals surface area contributed by atoms with E-state index in [1.807, 2.05) is 23.1 Å². The van der Waals surface area contributed by atoms with Gasteiger partial charge in [0, 0.05) is 24.3 Å². The number of anilines is 1. The van der Waals surface area contributed by atoms with Crippen LogP contribution in [-0.2, 0) is 6.54 Å². The Bertz CT molecular complexity index is 636. The number of carbonyl (C=O) groups excluding carboxylic acids is 1. The zero-order valence-electron chi connectivity index (χ0n) is 15.3. The van der Waals surface area contributed by atoms with E-state index in [1.165, 1.54) is 0 Å². The van der Waals surface area contributed by atoms with Crippen molar-refractivity contribution in [3.63, 3.8) is 0 Å². The number of carbonyl (C=O) groups is 1. The van der Waals surface area contributed by atoms with Crippen LogP contribution in [0, 0.1) is 0 Å². The number of rotatable bonds is 9. The highest BCUT2D eigenvalue weighted by atomic mass is 16.2. The van der Waals surface area contributed by atoms with Crippen molar-refractivity contribution >= 4 is 11.6 Å². The first-order chi connectivity index (χ1) is 12.1. The van der Waals surface area contributed by atoms with Crippen molar-refractivity contribution in [2.45, 2.75) is 26.8 Å². The number of amides is 1.